The first kappa shape index (κ1) is 20.8. The van der Waals surface area contributed by atoms with Crippen LogP contribution in [0.3, 0.4) is 0 Å². The molecule has 0 saturated heterocycles. The quantitative estimate of drug-likeness (QED) is 0.275. The minimum atomic E-state index is -1.08. The maximum atomic E-state index is 13.0. The van der Waals surface area contributed by atoms with Crippen LogP contribution in [-0.4, -0.2) is 28.5 Å². The number of carboxylic acids is 1. The molecule has 1 aromatic heterocycles. The summed E-state index contributed by atoms with van der Waals surface area (Å²) in [5.74, 6) is -1.11. The van der Waals surface area contributed by atoms with Crippen molar-refractivity contribution in [3.8, 4) is 0 Å². The third kappa shape index (κ3) is 4.68. The topological polar surface area (TPSA) is 83.5 Å². The van der Waals surface area contributed by atoms with Crippen molar-refractivity contribution < 1.29 is 19.5 Å². The average Bonchev–Trinajstić information content (AvgIpc) is 3.32. The maximum Gasteiger partial charge on any atom is 0.336 e. The zero-order valence-electron chi connectivity index (χ0n) is 16.2. The number of carbonyl (C=O) groups is 3. The number of hydrogen-bond donors (Lipinski definition) is 2. The number of carboxylic acid groups (broad SMARTS) is 1. The van der Waals surface area contributed by atoms with E-state index in [1.807, 2.05) is 17.5 Å². The maximum absolute atomic E-state index is 13.0. The van der Waals surface area contributed by atoms with Gasteiger partial charge in [-0.1, -0.05) is 36.4 Å². The third-order valence-electron chi connectivity index (χ3n) is 4.64. The van der Waals surface area contributed by atoms with Gasteiger partial charge in [-0.25, -0.2) is 4.79 Å². The van der Waals surface area contributed by atoms with Crippen molar-refractivity contribution in [3.05, 3.63) is 94.2 Å². The highest BCUT2D eigenvalue weighted by atomic mass is 32.2. The van der Waals surface area contributed by atoms with E-state index in [-0.39, 0.29) is 11.3 Å². The van der Waals surface area contributed by atoms with Gasteiger partial charge < -0.3 is 10.4 Å². The molecule has 0 spiro atoms. The van der Waals surface area contributed by atoms with Crippen LogP contribution in [0.15, 0.2) is 83.1 Å². The predicted octanol–water partition coefficient (Wildman–Crippen LogP) is 5.83. The van der Waals surface area contributed by atoms with Gasteiger partial charge in [0.2, 0.25) is 0 Å². The van der Waals surface area contributed by atoms with E-state index in [1.165, 1.54) is 29.2 Å². The van der Waals surface area contributed by atoms with Crippen molar-refractivity contribution in [1.29, 1.82) is 0 Å². The summed E-state index contributed by atoms with van der Waals surface area (Å²) in [6.45, 7) is 0. The van der Waals surface area contributed by atoms with E-state index in [1.54, 1.807) is 54.6 Å². The molecule has 4 rings (SSSR count). The van der Waals surface area contributed by atoms with Crippen molar-refractivity contribution in [2.75, 3.05) is 11.1 Å². The molecular weight excluding hydrogens is 430 g/mol. The summed E-state index contributed by atoms with van der Waals surface area (Å²) in [7, 11) is 0. The monoisotopic (exact) mass is 447 g/mol. The lowest BCUT2D eigenvalue weighted by Gasteiger charge is -2.11. The van der Waals surface area contributed by atoms with Crippen molar-refractivity contribution in [2.45, 2.75) is 4.90 Å². The molecule has 154 valence electrons. The molecule has 0 radical (unpaired) electrons. The fraction of sp³-hybridized carbons (Fsp3) is 0.0417. The lowest BCUT2D eigenvalue weighted by molar-refractivity contribution is 0.0698. The van der Waals surface area contributed by atoms with E-state index in [0.29, 0.717) is 27.8 Å². The first-order valence-corrected chi connectivity index (χ1v) is 11.3. The van der Waals surface area contributed by atoms with E-state index in [4.69, 9.17) is 0 Å². The Bertz CT molecular complexity index is 1280. The van der Waals surface area contributed by atoms with Gasteiger partial charge in [-0.05, 0) is 47.2 Å². The van der Waals surface area contributed by atoms with Crippen molar-refractivity contribution in [1.82, 2.24) is 0 Å². The van der Waals surface area contributed by atoms with Crippen LogP contribution in [0.2, 0.25) is 0 Å². The largest absolute Gasteiger partial charge is 0.478 e. The first-order chi connectivity index (χ1) is 15.0. The number of fused-ring (bicyclic) bond motifs is 1. The molecule has 0 saturated carbocycles. The van der Waals surface area contributed by atoms with Crippen LogP contribution in [0.1, 0.15) is 30.4 Å². The van der Waals surface area contributed by atoms with Gasteiger partial charge >= 0.3 is 5.97 Å². The summed E-state index contributed by atoms with van der Waals surface area (Å²) < 4.78 is 0. The van der Waals surface area contributed by atoms with Gasteiger partial charge in [0.25, 0.3) is 5.91 Å². The number of amides is 1. The van der Waals surface area contributed by atoms with Crippen molar-refractivity contribution in [2.24, 2.45) is 0 Å². The molecular formula is C24H17NO4S2. The Morgan fingerprint density at radius 3 is 2.35 bits per heavy atom. The molecule has 0 bridgehead atoms. The number of anilines is 1. The first-order valence-electron chi connectivity index (χ1n) is 9.39. The standard InChI is InChI=1S/C24H17NO4S2/c26-20(21-11-4-12-30-21)14-31-17-8-3-7-16(13-17)25-23(27)18-9-1-5-15-6-2-10-19(22(15)18)24(28)29/h1-13H,14H2,(H,25,27)(H,28,29). The Labute approximate surface area is 186 Å². The second-order valence-corrected chi connectivity index (χ2v) is 8.68. The van der Waals surface area contributed by atoms with Gasteiger partial charge in [0.05, 0.1) is 16.2 Å². The zero-order chi connectivity index (χ0) is 21.8. The van der Waals surface area contributed by atoms with Gasteiger partial charge in [-0.2, -0.15) is 0 Å². The third-order valence-corrected chi connectivity index (χ3v) is 6.54. The van der Waals surface area contributed by atoms with E-state index in [0.717, 1.165) is 9.77 Å². The lowest BCUT2D eigenvalue weighted by Crippen LogP contribution is -2.13. The van der Waals surface area contributed by atoms with E-state index < -0.39 is 11.9 Å². The molecule has 31 heavy (non-hydrogen) atoms. The summed E-state index contributed by atoms with van der Waals surface area (Å²) in [6, 6.07) is 20.9. The van der Waals surface area contributed by atoms with Crippen molar-refractivity contribution >= 4 is 57.2 Å². The highest BCUT2D eigenvalue weighted by Crippen LogP contribution is 2.26. The molecule has 0 aliphatic heterocycles. The predicted molar refractivity (Wildman–Crippen MR) is 125 cm³/mol. The second-order valence-electron chi connectivity index (χ2n) is 6.69. The molecule has 1 amide bonds. The number of nitrogens with one attached hydrogen (secondary N) is 1. The summed E-state index contributed by atoms with van der Waals surface area (Å²) >= 11 is 2.82. The fourth-order valence-electron chi connectivity index (χ4n) is 3.23. The number of rotatable bonds is 7. The number of thiophene rings is 1. The molecule has 0 aliphatic rings. The number of thioether (sulfide) groups is 1. The molecule has 2 N–H and O–H groups in total. The SMILES string of the molecule is O=C(CSc1cccc(NC(=O)c2cccc3cccc(C(=O)O)c23)c1)c1cccs1. The number of benzene rings is 3. The van der Waals surface area contributed by atoms with Crippen LogP contribution in [0.5, 0.6) is 0 Å². The normalized spacial score (nSPS) is 10.7. The van der Waals surface area contributed by atoms with Crippen molar-refractivity contribution in [3.63, 3.8) is 0 Å². The smallest absolute Gasteiger partial charge is 0.336 e. The van der Waals surface area contributed by atoms with E-state index >= 15 is 0 Å². The molecule has 7 heteroatoms. The van der Waals surface area contributed by atoms with E-state index in [9.17, 15) is 19.5 Å². The Morgan fingerprint density at radius 1 is 0.903 bits per heavy atom. The number of Topliss-reactive ketones (excluding diaryl/α,β-unsaturated/α-hetero) is 1. The average molecular weight is 448 g/mol. The Kier molecular flexibility index (Phi) is 6.16. The number of ketones is 1. The minimum Gasteiger partial charge on any atom is -0.478 e. The number of carbonyl (C=O) groups excluding carboxylic acids is 2. The van der Waals surface area contributed by atoms with Gasteiger partial charge in [-0.3, -0.25) is 9.59 Å². The van der Waals surface area contributed by atoms with Gasteiger partial charge in [-0.15, -0.1) is 23.1 Å². The van der Waals surface area contributed by atoms with E-state index in [2.05, 4.69) is 5.32 Å². The summed E-state index contributed by atoms with van der Waals surface area (Å²) in [6.07, 6.45) is 0. The van der Waals surface area contributed by atoms with Gasteiger partial charge in [0.1, 0.15) is 0 Å². The molecule has 0 aliphatic carbocycles. The zero-order valence-corrected chi connectivity index (χ0v) is 17.8. The van der Waals surface area contributed by atoms with Crippen LogP contribution in [0.4, 0.5) is 5.69 Å². The molecule has 4 aromatic rings. The fourth-order valence-corrected chi connectivity index (χ4v) is 4.82. The molecule has 5 nitrogen and oxygen atoms in total. The Balaban J connectivity index is 1.54. The lowest BCUT2D eigenvalue weighted by atomic mass is 9.98. The van der Waals surface area contributed by atoms with Gasteiger partial charge in [0, 0.05) is 21.5 Å². The Morgan fingerprint density at radius 2 is 1.65 bits per heavy atom. The summed E-state index contributed by atoms with van der Waals surface area (Å²) in [4.78, 5) is 38.4. The van der Waals surface area contributed by atoms with Crippen LogP contribution in [0.25, 0.3) is 10.8 Å². The van der Waals surface area contributed by atoms with Crippen LogP contribution in [0, 0.1) is 0 Å². The second kappa shape index (κ2) is 9.16. The van der Waals surface area contributed by atoms with Crippen LogP contribution in [-0.2, 0) is 0 Å². The van der Waals surface area contributed by atoms with Gasteiger partial charge in [0.15, 0.2) is 5.78 Å². The van der Waals surface area contributed by atoms with Crippen LogP contribution >= 0.6 is 23.1 Å². The molecule has 3 aromatic carbocycles. The summed E-state index contributed by atoms with van der Waals surface area (Å²) in [5.41, 5.74) is 0.949. The molecule has 0 unspecified atom stereocenters. The Hall–Kier alpha value is -3.42. The highest BCUT2D eigenvalue weighted by Gasteiger charge is 2.17. The molecule has 1 heterocycles. The minimum absolute atomic E-state index is 0.0615. The molecule has 0 atom stereocenters. The van der Waals surface area contributed by atoms with Crippen LogP contribution < -0.4 is 5.32 Å². The number of hydrogen-bond acceptors (Lipinski definition) is 5. The highest BCUT2D eigenvalue weighted by molar-refractivity contribution is 8.00. The molecule has 0 fully saturated rings. The summed E-state index contributed by atoms with van der Waals surface area (Å²) in [5, 5.41) is 15.3. The number of aromatic carboxylic acids is 1.